The number of hydrogen-bond donors (Lipinski definition) is 1. The van der Waals surface area contributed by atoms with Crippen molar-refractivity contribution < 1.29 is 14.6 Å². The highest BCUT2D eigenvalue weighted by Gasteiger charge is 2.26. The van der Waals surface area contributed by atoms with Crippen LogP contribution < -0.4 is 0 Å². The van der Waals surface area contributed by atoms with E-state index >= 15 is 0 Å². The molecule has 1 fully saturated rings. The lowest BCUT2D eigenvalue weighted by molar-refractivity contribution is -0.140. The van der Waals surface area contributed by atoms with Gasteiger partial charge in [-0.15, -0.1) is 0 Å². The molecule has 1 aliphatic heterocycles. The minimum absolute atomic E-state index is 0.0186. The van der Waals surface area contributed by atoms with E-state index in [9.17, 15) is 4.79 Å². The van der Waals surface area contributed by atoms with Gasteiger partial charge >= 0.3 is 0 Å². The predicted octanol–water partition coefficient (Wildman–Crippen LogP) is 1.11. The Labute approximate surface area is 122 Å². The number of rotatable bonds is 9. The fourth-order valence-electron chi connectivity index (χ4n) is 2.62. The van der Waals surface area contributed by atoms with Crippen molar-refractivity contribution >= 4 is 5.91 Å². The molecule has 0 unspecified atom stereocenters. The maximum Gasteiger partial charge on any atom is 0.248 e. The summed E-state index contributed by atoms with van der Waals surface area (Å²) in [4.78, 5) is 16.3. The molecule has 5 nitrogen and oxygen atoms in total. The van der Waals surface area contributed by atoms with Gasteiger partial charge in [-0.1, -0.05) is 19.8 Å². The van der Waals surface area contributed by atoms with E-state index in [1.807, 2.05) is 4.90 Å². The summed E-state index contributed by atoms with van der Waals surface area (Å²) < 4.78 is 5.45. The minimum Gasteiger partial charge on any atom is -0.395 e. The summed E-state index contributed by atoms with van der Waals surface area (Å²) in [5, 5.41) is 9.16. The van der Waals surface area contributed by atoms with Crippen LogP contribution in [0.15, 0.2) is 0 Å². The van der Waals surface area contributed by atoms with Crippen LogP contribution >= 0.6 is 0 Å². The number of hydrogen-bond acceptors (Lipinski definition) is 4. The molecule has 1 rings (SSSR count). The van der Waals surface area contributed by atoms with Crippen molar-refractivity contribution in [3.05, 3.63) is 0 Å². The first-order valence-electron chi connectivity index (χ1n) is 7.85. The monoisotopic (exact) mass is 286 g/mol. The topological polar surface area (TPSA) is 53.0 Å². The quantitative estimate of drug-likeness (QED) is 0.645. The van der Waals surface area contributed by atoms with Gasteiger partial charge < -0.3 is 19.6 Å². The van der Waals surface area contributed by atoms with E-state index in [0.717, 1.165) is 45.2 Å². The zero-order valence-corrected chi connectivity index (χ0v) is 13.0. The fraction of sp³-hybridized carbons (Fsp3) is 0.933. The summed E-state index contributed by atoms with van der Waals surface area (Å²) >= 11 is 0. The van der Waals surface area contributed by atoms with E-state index in [0.29, 0.717) is 13.2 Å². The molecule has 0 aromatic carbocycles. The molecule has 0 aliphatic carbocycles. The number of carbonyl (C=O) groups excluding carboxylic acids is 1. The van der Waals surface area contributed by atoms with Crippen molar-refractivity contribution in [3.63, 3.8) is 0 Å². The van der Waals surface area contributed by atoms with Crippen LogP contribution in [0.3, 0.4) is 0 Å². The van der Waals surface area contributed by atoms with Gasteiger partial charge in [0.2, 0.25) is 5.91 Å². The number of likely N-dealkylation sites (tertiary alicyclic amines) is 1. The Bertz CT molecular complexity index is 266. The third-order valence-corrected chi connectivity index (χ3v) is 3.91. The summed E-state index contributed by atoms with van der Waals surface area (Å²) in [6.45, 7) is 5.41. The summed E-state index contributed by atoms with van der Waals surface area (Å²) in [5.41, 5.74) is 0. The Morgan fingerprint density at radius 1 is 1.35 bits per heavy atom. The standard InChI is InChI=1S/C15H30N2O3/c1-3-4-5-12-20-13-15(19)17(10-11-18)14-6-8-16(2)9-7-14/h14,18H,3-13H2,1-2H3. The third-order valence-electron chi connectivity index (χ3n) is 3.91. The first-order chi connectivity index (χ1) is 9.69. The molecule has 1 N–H and O–H groups in total. The molecule has 0 spiro atoms. The number of unbranched alkanes of at least 4 members (excludes halogenated alkanes) is 2. The number of aliphatic hydroxyl groups excluding tert-OH is 1. The molecule has 1 amide bonds. The average molecular weight is 286 g/mol. The van der Waals surface area contributed by atoms with Gasteiger partial charge in [-0.05, 0) is 39.4 Å². The highest BCUT2D eigenvalue weighted by Crippen LogP contribution is 2.15. The molecular weight excluding hydrogens is 256 g/mol. The van der Waals surface area contributed by atoms with Gasteiger partial charge in [0, 0.05) is 19.2 Å². The fourth-order valence-corrected chi connectivity index (χ4v) is 2.62. The second-order valence-corrected chi connectivity index (χ2v) is 5.60. The summed E-state index contributed by atoms with van der Waals surface area (Å²) in [6, 6.07) is 0.255. The van der Waals surface area contributed by atoms with Crippen molar-refractivity contribution in [3.8, 4) is 0 Å². The zero-order chi connectivity index (χ0) is 14.8. The lowest BCUT2D eigenvalue weighted by atomic mass is 10.0. The van der Waals surface area contributed by atoms with Crippen molar-refractivity contribution in [2.75, 3.05) is 46.5 Å². The Kier molecular flexibility index (Phi) is 8.82. The molecule has 1 heterocycles. The number of amides is 1. The molecule has 0 saturated carbocycles. The van der Waals surface area contributed by atoms with Gasteiger partial charge in [-0.3, -0.25) is 4.79 Å². The Hall–Kier alpha value is -0.650. The van der Waals surface area contributed by atoms with Crippen molar-refractivity contribution in [1.82, 2.24) is 9.80 Å². The van der Waals surface area contributed by atoms with Gasteiger partial charge in [0.1, 0.15) is 6.61 Å². The van der Waals surface area contributed by atoms with E-state index < -0.39 is 0 Å². The van der Waals surface area contributed by atoms with E-state index in [2.05, 4.69) is 18.9 Å². The molecule has 0 bridgehead atoms. The van der Waals surface area contributed by atoms with E-state index in [-0.39, 0.29) is 25.2 Å². The largest absolute Gasteiger partial charge is 0.395 e. The van der Waals surface area contributed by atoms with E-state index in [4.69, 9.17) is 9.84 Å². The van der Waals surface area contributed by atoms with Crippen LogP contribution in [0.2, 0.25) is 0 Å². The Morgan fingerprint density at radius 3 is 2.65 bits per heavy atom. The predicted molar refractivity (Wildman–Crippen MR) is 79.7 cm³/mol. The van der Waals surface area contributed by atoms with Crippen LogP contribution in [-0.2, 0) is 9.53 Å². The van der Waals surface area contributed by atoms with Crippen molar-refractivity contribution in [2.24, 2.45) is 0 Å². The van der Waals surface area contributed by atoms with E-state index in [1.54, 1.807) is 0 Å². The molecular formula is C15H30N2O3. The minimum atomic E-state index is 0.0186. The molecule has 118 valence electrons. The Balaban J connectivity index is 2.34. The molecule has 0 atom stereocenters. The van der Waals surface area contributed by atoms with Gasteiger partial charge in [0.05, 0.1) is 6.61 Å². The number of aliphatic hydroxyl groups is 1. The van der Waals surface area contributed by atoms with Gasteiger partial charge in [-0.25, -0.2) is 0 Å². The number of piperidine rings is 1. The van der Waals surface area contributed by atoms with Crippen molar-refractivity contribution in [2.45, 2.75) is 45.1 Å². The third kappa shape index (κ3) is 6.20. The van der Waals surface area contributed by atoms with Crippen LogP contribution in [-0.4, -0.2) is 73.4 Å². The van der Waals surface area contributed by atoms with Gasteiger partial charge in [-0.2, -0.15) is 0 Å². The summed E-state index contributed by atoms with van der Waals surface area (Å²) in [5.74, 6) is 0.0186. The molecule has 0 aromatic heterocycles. The van der Waals surface area contributed by atoms with Crippen LogP contribution in [0.5, 0.6) is 0 Å². The zero-order valence-electron chi connectivity index (χ0n) is 13.0. The Morgan fingerprint density at radius 2 is 2.05 bits per heavy atom. The van der Waals surface area contributed by atoms with Crippen LogP contribution in [0.4, 0.5) is 0 Å². The summed E-state index contributed by atoms with van der Waals surface area (Å²) in [7, 11) is 2.10. The molecule has 0 radical (unpaired) electrons. The van der Waals surface area contributed by atoms with Crippen LogP contribution in [0.25, 0.3) is 0 Å². The number of carbonyl (C=O) groups is 1. The molecule has 1 aliphatic rings. The lowest BCUT2D eigenvalue weighted by Crippen LogP contribution is -2.48. The normalized spacial score (nSPS) is 17.4. The average Bonchev–Trinajstić information content (AvgIpc) is 2.45. The molecule has 20 heavy (non-hydrogen) atoms. The van der Waals surface area contributed by atoms with Crippen molar-refractivity contribution in [1.29, 1.82) is 0 Å². The number of ether oxygens (including phenoxy) is 1. The van der Waals surface area contributed by atoms with E-state index in [1.165, 1.54) is 0 Å². The van der Waals surface area contributed by atoms with Crippen LogP contribution in [0.1, 0.15) is 39.0 Å². The highest BCUT2D eigenvalue weighted by molar-refractivity contribution is 5.77. The van der Waals surface area contributed by atoms with Crippen LogP contribution in [0, 0.1) is 0 Å². The first kappa shape index (κ1) is 17.4. The first-order valence-corrected chi connectivity index (χ1v) is 7.85. The molecule has 5 heteroatoms. The maximum atomic E-state index is 12.2. The molecule has 1 saturated heterocycles. The van der Waals surface area contributed by atoms with Gasteiger partial charge in [0.25, 0.3) is 0 Å². The second-order valence-electron chi connectivity index (χ2n) is 5.60. The lowest BCUT2D eigenvalue weighted by Gasteiger charge is -2.37. The molecule has 0 aromatic rings. The SMILES string of the molecule is CCCCCOCC(=O)N(CCO)C1CCN(C)CC1. The maximum absolute atomic E-state index is 12.2. The summed E-state index contributed by atoms with van der Waals surface area (Å²) in [6.07, 6.45) is 5.28. The highest BCUT2D eigenvalue weighted by atomic mass is 16.5. The smallest absolute Gasteiger partial charge is 0.248 e. The number of nitrogens with zero attached hydrogens (tertiary/aromatic N) is 2. The van der Waals surface area contributed by atoms with Gasteiger partial charge in [0.15, 0.2) is 0 Å². The second kappa shape index (κ2) is 10.1.